The van der Waals surface area contributed by atoms with Crippen molar-refractivity contribution >= 4 is 29.4 Å². The molecule has 10 nitrogen and oxygen atoms in total. The number of carbonyl (C=O) groups is 2. The summed E-state index contributed by atoms with van der Waals surface area (Å²) in [5, 5.41) is 8.63. The first kappa shape index (κ1) is 26.0. The molecule has 1 fully saturated rings. The second-order valence-electron chi connectivity index (χ2n) is 8.68. The monoisotopic (exact) mass is 515 g/mol. The fraction of sp³-hybridized carbons (Fsp3) is 0.520. The normalized spacial score (nSPS) is 17.4. The molecule has 0 radical (unpaired) electrons. The highest BCUT2D eigenvalue weighted by molar-refractivity contribution is 7.99. The van der Waals surface area contributed by atoms with Gasteiger partial charge in [-0.3, -0.25) is 9.59 Å². The maximum Gasteiger partial charge on any atom is 0.260 e. The van der Waals surface area contributed by atoms with Gasteiger partial charge in [0.15, 0.2) is 23.9 Å². The predicted molar refractivity (Wildman–Crippen MR) is 137 cm³/mol. The molecule has 0 bridgehead atoms. The molecule has 11 heteroatoms. The van der Waals surface area contributed by atoms with Crippen LogP contribution in [0.4, 0.5) is 5.95 Å². The van der Waals surface area contributed by atoms with Gasteiger partial charge in [0, 0.05) is 30.1 Å². The summed E-state index contributed by atoms with van der Waals surface area (Å²) in [6.45, 7) is 7.68. The number of thioether (sulfide) groups is 1. The number of nitrogens with one attached hydrogen (secondary N) is 1. The lowest BCUT2D eigenvalue weighted by Gasteiger charge is -2.28. The molecule has 4 rings (SSSR count). The highest BCUT2D eigenvalue weighted by Crippen LogP contribution is 2.39. The third-order valence-corrected chi connectivity index (χ3v) is 7.08. The Kier molecular flexibility index (Phi) is 8.52. The zero-order valence-electron chi connectivity index (χ0n) is 21.2. The molecule has 2 aliphatic heterocycles. The zero-order chi connectivity index (χ0) is 25.7. The topological polar surface area (TPSA) is 108 Å². The van der Waals surface area contributed by atoms with Gasteiger partial charge < -0.3 is 24.4 Å². The number of ether oxygens (including phenoxy) is 3. The number of ketones is 1. The number of hydrogen-bond donors (Lipinski definition) is 1. The number of hydrogen-bond acceptors (Lipinski definition) is 9. The van der Waals surface area contributed by atoms with Crippen LogP contribution in [0, 0.1) is 0 Å². The first-order chi connectivity index (χ1) is 17.4. The molecule has 0 spiro atoms. The van der Waals surface area contributed by atoms with E-state index in [0.717, 1.165) is 29.9 Å². The number of morpholine rings is 1. The third kappa shape index (κ3) is 5.67. The minimum Gasteiger partial charge on any atom is -0.493 e. The molecule has 1 atom stereocenters. The van der Waals surface area contributed by atoms with Crippen molar-refractivity contribution in [3.05, 3.63) is 35.0 Å². The molecule has 194 valence electrons. The number of amides is 1. The van der Waals surface area contributed by atoms with Crippen LogP contribution < -0.4 is 14.8 Å². The molecule has 1 aromatic carbocycles. The Morgan fingerprint density at radius 3 is 2.72 bits per heavy atom. The van der Waals surface area contributed by atoms with E-state index < -0.39 is 6.04 Å². The summed E-state index contributed by atoms with van der Waals surface area (Å²) in [5.41, 5.74) is 2.16. The molecule has 1 N–H and O–H groups in total. The zero-order valence-corrected chi connectivity index (χ0v) is 22.0. The smallest absolute Gasteiger partial charge is 0.260 e. The van der Waals surface area contributed by atoms with Crippen molar-refractivity contribution in [2.24, 2.45) is 0 Å². The number of aromatic nitrogens is 3. The number of unbranched alkanes of at least 4 members (excludes halogenated alkanes) is 1. The Morgan fingerprint density at radius 1 is 1.25 bits per heavy atom. The Hall–Kier alpha value is -3.05. The maximum atomic E-state index is 12.7. The quantitative estimate of drug-likeness (QED) is 0.377. The van der Waals surface area contributed by atoms with Crippen LogP contribution in [0.25, 0.3) is 0 Å². The van der Waals surface area contributed by atoms with Crippen LogP contribution in [0.15, 0.2) is 34.6 Å². The van der Waals surface area contributed by atoms with Gasteiger partial charge in [0.05, 0.1) is 20.3 Å². The molecule has 2 aromatic rings. The first-order valence-electron chi connectivity index (χ1n) is 12.2. The third-order valence-electron chi connectivity index (χ3n) is 6.16. The van der Waals surface area contributed by atoms with Gasteiger partial charge in [-0.05, 0) is 38.0 Å². The molecule has 1 saturated heterocycles. The van der Waals surface area contributed by atoms with Crippen molar-refractivity contribution < 1.29 is 23.8 Å². The summed E-state index contributed by atoms with van der Waals surface area (Å²) >= 11 is 1.60. The first-order valence-corrected chi connectivity index (χ1v) is 13.2. The van der Waals surface area contributed by atoms with Gasteiger partial charge in [-0.25, -0.2) is 4.68 Å². The molecule has 0 saturated carbocycles. The van der Waals surface area contributed by atoms with E-state index in [2.05, 4.69) is 17.2 Å². The van der Waals surface area contributed by atoms with E-state index in [9.17, 15) is 9.59 Å². The van der Waals surface area contributed by atoms with Crippen molar-refractivity contribution in [1.29, 1.82) is 0 Å². The minimum absolute atomic E-state index is 0.0539. The van der Waals surface area contributed by atoms with E-state index in [4.69, 9.17) is 19.3 Å². The molecular formula is C25H33N5O5S. The number of carbonyl (C=O) groups excluding carboxylic acids is 2. The summed E-state index contributed by atoms with van der Waals surface area (Å²) < 4.78 is 18.5. The van der Waals surface area contributed by atoms with E-state index in [-0.39, 0.29) is 18.3 Å². The highest BCUT2D eigenvalue weighted by atomic mass is 32.2. The van der Waals surface area contributed by atoms with Crippen LogP contribution in [0.3, 0.4) is 0 Å². The van der Waals surface area contributed by atoms with Crippen molar-refractivity contribution in [3.8, 4) is 11.5 Å². The molecule has 1 unspecified atom stereocenters. The second kappa shape index (κ2) is 11.8. The number of Topliss-reactive ketones (excluding diaryl/α,β-unsaturated/α-hetero) is 1. The summed E-state index contributed by atoms with van der Waals surface area (Å²) in [6, 6.07) is 5.00. The molecule has 36 heavy (non-hydrogen) atoms. The van der Waals surface area contributed by atoms with Gasteiger partial charge in [0.25, 0.3) is 5.91 Å². The summed E-state index contributed by atoms with van der Waals surface area (Å²) in [4.78, 5) is 31.6. The number of nitrogens with zero attached hydrogens (tertiary/aromatic N) is 4. The van der Waals surface area contributed by atoms with Gasteiger partial charge in [-0.15, -0.1) is 5.10 Å². The summed E-state index contributed by atoms with van der Waals surface area (Å²) in [6.07, 6.45) is 2.18. The number of allylic oxidation sites excluding steroid dienone is 2. The minimum atomic E-state index is -0.468. The Balaban J connectivity index is 1.60. The van der Waals surface area contributed by atoms with Crippen LogP contribution in [0.5, 0.6) is 11.5 Å². The largest absolute Gasteiger partial charge is 0.493 e. The highest BCUT2D eigenvalue weighted by Gasteiger charge is 2.33. The second-order valence-corrected chi connectivity index (χ2v) is 9.74. The number of benzene rings is 1. The fourth-order valence-electron chi connectivity index (χ4n) is 4.28. The molecule has 1 amide bonds. The van der Waals surface area contributed by atoms with Crippen molar-refractivity contribution in [2.45, 2.75) is 44.8 Å². The Morgan fingerprint density at radius 2 is 2.03 bits per heavy atom. The Bertz CT molecular complexity index is 1140. The number of anilines is 1. The van der Waals surface area contributed by atoms with E-state index in [1.54, 1.807) is 41.4 Å². The van der Waals surface area contributed by atoms with E-state index in [0.29, 0.717) is 54.5 Å². The molecular weight excluding hydrogens is 482 g/mol. The lowest BCUT2D eigenvalue weighted by molar-refractivity contribution is -0.137. The fourth-order valence-corrected chi connectivity index (χ4v) is 5.19. The lowest BCUT2D eigenvalue weighted by Crippen LogP contribution is -2.43. The number of fused-ring (bicyclic) bond motifs is 1. The molecule has 3 heterocycles. The van der Waals surface area contributed by atoms with E-state index in [1.165, 1.54) is 0 Å². The van der Waals surface area contributed by atoms with Gasteiger partial charge >= 0.3 is 0 Å². The van der Waals surface area contributed by atoms with Gasteiger partial charge in [-0.2, -0.15) is 4.98 Å². The average molecular weight is 516 g/mol. The number of rotatable bonds is 10. The molecule has 0 aliphatic carbocycles. The van der Waals surface area contributed by atoms with Crippen LogP contribution in [0.1, 0.15) is 45.2 Å². The SMILES string of the molecule is CCCCSc1nc2n(n1)C(c1ccc(OCC(=O)N3CCOCC3)c(OC)c1)C(C(C)=O)=C(C)N2. The molecule has 2 aliphatic rings. The predicted octanol–water partition coefficient (Wildman–Crippen LogP) is 3.29. The van der Waals surface area contributed by atoms with Crippen LogP contribution in [0.2, 0.25) is 0 Å². The van der Waals surface area contributed by atoms with Gasteiger partial charge in [0.2, 0.25) is 11.1 Å². The molecule has 1 aromatic heterocycles. The van der Waals surface area contributed by atoms with Gasteiger partial charge in [0.1, 0.15) is 6.04 Å². The van der Waals surface area contributed by atoms with Crippen LogP contribution >= 0.6 is 11.8 Å². The van der Waals surface area contributed by atoms with Crippen LogP contribution in [-0.4, -0.2) is 77.1 Å². The Labute approximate surface area is 215 Å². The van der Waals surface area contributed by atoms with Crippen molar-refractivity contribution in [3.63, 3.8) is 0 Å². The summed E-state index contributed by atoms with van der Waals surface area (Å²) in [7, 11) is 1.55. The maximum absolute atomic E-state index is 12.7. The van der Waals surface area contributed by atoms with Crippen molar-refractivity contribution in [2.75, 3.05) is 51.1 Å². The van der Waals surface area contributed by atoms with E-state index >= 15 is 0 Å². The standard InChI is InChI=1S/C25H33N5O5S/c1-5-6-13-36-25-27-24-26-16(2)22(17(3)31)23(30(24)28-25)18-7-8-19(20(14-18)33-4)35-15-21(32)29-9-11-34-12-10-29/h7-8,14,23H,5-6,9-13,15H2,1-4H3,(H,26,27,28). The van der Waals surface area contributed by atoms with Crippen molar-refractivity contribution in [1.82, 2.24) is 19.7 Å². The average Bonchev–Trinajstić information content (AvgIpc) is 3.29. The van der Waals surface area contributed by atoms with Gasteiger partial charge in [-0.1, -0.05) is 31.2 Å². The summed E-state index contributed by atoms with van der Waals surface area (Å²) in [5.74, 6) is 2.30. The number of methoxy groups -OCH3 is 1. The van der Waals surface area contributed by atoms with Crippen LogP contribution in [-0.2, 0) is 14.3 Å². The van der Waals surface area contributed by atoms with E-state index in [1.807, 2.05) is 19.1 Å². The lowest BCUT2D eigenvalue weighted by atomic mass is 9.93.